The first-order valence-electron chi connectivity index (χ1n) is 14.7. The summed E-state index contributed by atoms with van der Waals surface area (Å²) in [6, 6.07) is 14.1. The molecule has 5 aromatic rings. The molecule has 1 N–H and O–H groups in total. The molecule has 0 saturated carbocycles. The van der Waals surface area contributed by atoms with Gasteiger partial charge in [0.25, 0.3) is 11.8 Å². The minimum Gasteiger partial charge on any atom is -0.455 e. The Labute approximate surface area is 276 Å². The van der Waals surface area contributed by atoms with Crippen molar-refractivity contribution in [2.24, 2.45) is 0 Å². The van der Waals surface area contributed by atoms with Gasteiger partial charge in [0.15, 0.2) is 5.82 Å². The average molecular weight is 703 g/mol. The number of nitrogens with zero attached hydrogens (tertiary/aromatic N) is 5. The van der Waals surface area contributed by atoms with Crippen LogP contribution in [0.15, 0.2) is 65.1 Å². The molecule has 0 radical (unpaired) electrons. The molecule has 6 rings (SSSR count). The molecule has 0 saturated heterocycles. The van der Waals surface area contributed by atoms with E-state index in [1.54, 1.807) is 6.07 Å². The second-order valence-electron chi connectivity index (χ2n) is 11.2. The highest BCUT2D eigenvalue weighted by Gasteiger charge is 2.40. The SMILES string of the molecule is CNC(=O)c1c(-c2ccc(F)cc2)oc2cc(N(CCF)S(C)(=O)=O)c(-c3cccc(C(=O)N4CCn5c(nnc5C(F)(F)F)C4)c3)cc12. The second-order valence-corrected chi connectivity index (χ2v) is 13.1. The van der Waals surface area contributed by atoms with Crippen LogP contribution >= 0.6 is 0 Å². The number of carbonyl (C=O) groups excluding carboxylic acids is 2. The molecular formula is C32H27F5N6O5S. The molecule has 0 fully saturated rings. The van der Waals surface area contributed by atoms with Crippen LogP contribution in [0.5, 0.6) is 0 Å². The number of alkyl halides is 4. The zero-order valence-corrected chi connectivity index (χ0v) is 26.7. The summed E-state index contributed by atoms with van der Waals surface area (Å²) in [5.74, 6) is -2.73. The topological polar surface area (TPSA) is 131 Å². The predicted octanol–water partition coefficient (Wildman–Crippen LogP) is 5.27. The molecule has 17 heteroatoms. The maximum Gasteiger partial charge on any atom is 0.451 e. The van der Waals surface area contributed by atoms with Crippen LogP contribution in [-0.4, -0.2) is 73.0 Å². The molecule has 1 aliphatic heterocycles. The fourth-order valence-electron chi connectivity index (χ4n) is 5.81. The Morgan fingerprint density at radius 2 is 1.76 bits per heavy atom. The van der Waals surface area contributed by atoms with Crippen molar-refractivity contribution < 1.29 is 44.4 Å². The lowest BCUT2D eigenvalue weighted by atomic mass is 9.97. The van der Waals surface area contributed by atoms with Crippen LogP contribution in [0.25, 0.3) is 33.4 Å². The molecule has 11 nitrogen and oxygen atoms in total. The van der Waals surface area contributed by atoms with Gasteiger partial charge in [-0.2, -0.15) is 13.2 Å². The molecule has 0 bridgehead atoms. The summed E-state index contributed by atoms with van der Waals surface area (Å²) in [6.45, 7) is -2.09. The number of carbonyl (C=O) groups is 2. The number of nitrogens with one attached hydrogen (secondary N) is 1. The third-order valence-corrected chi connectivity index (χ3v) is 9.22. The maximum absolute atomic E-state index is 13.8. The molecule has 0 atom stereocenters. The average Bonchev–Trinajstić information content (AvgIpc) is 3.67. The number of hydrogen-bond donors (Lipinski definition) is 1. The number of rotatable bonds is 8. The minimum atomic E-state index is -4.71. The van der Waals surface area contributed by atoms with E-state index in [1.165, 1.54) is 66.5 Å². The quantitative estimate of drug-likeness (QED) is 0.218. The minimum absolute atomic E-state index is 0.00846. The van der Waals surface area contributed by atoms with Crippen LogP contribution in [0.1, 0.15) is 32.4 Å². The predicted molar refractivity (Wildman–Crippen MR) is 168 cm³/mol. The Kier molecular flexibility index (Phi) is 8.64. The van der Waals surface area contributed by atoms with E-state index in [1.807, 2.05) is 0 Å². The maximum atomic E-state index is 13.8. The third-order valence-electron chi connectivity index (χ3n) is 8.04. The van der Waals surface area contributed by atoms with Gasteiger partial charge in [-0.3, -0.25) is 13.9 Å². The van der Waals surface area contributed by atoms with Gasteiger partial charge in [-0.1, -0.05) is 12.1 Å². The molecule has 0 aliphatic carbocycles. The Balaban J connectivity index is 1.49. The van der Waals surface area contributed by atoms with Crippen molar-refractivity contribution in [3.05, 3.63) is 89.3 Å². The summed E-state index contributed by atoms with van der Waals surface area (Å²) in [4.78, 5) is 28.2. The molecule has 2 amide bonds. The van der Waals surface area contributed by atoms with E-state index < -0.39 is 52.9 Å². The van der Waals surface area contributed by atoms with Gasteiger partial charge in [-0.15, -0.1) is 10.2 Å². The highest BCUT2D eigenvalue weighted by Crippen LogP contribution is 2.42. The van der Waals surface area contributed by atoms with Crippen molar-refractivity contribution in [3.8, 4) is 22.5 Å². The molecule has 2 aromatic heterocycles. The van der Waals surface area contributed by atoms with Crippen molar-refractivity contribution >= 4 is 38.5 Å². The number of sulfonamides is 1. The van der Waals surface area contributed by atoms with Crippen molar-refractivity contribution in [3.63, 3.8) is 0 Å². The first kappa shape index (κ1) is 33.6. The molecule has 0 spiro atoms. The van der Waals surface area contributed by atoms with Gasteiger partial charge in [0.1, 0.15) is 23.8 Å². The highest BCUT2D eigenvalue weighted by molar-refractivity contribution is 7.92. The number of fused-ring (bicyclic) bond motifs is 2. The lowest BCUT2D eigenvalue weighted by Crippen LogP contribution is -2.39. The van der Waals surface area contributed by atoms with E-state index in [2.05, 4.69) is 15.5 Å². The summed E-state index contributed by atoms with van der Waals surface area (Å²) in [7, 11) is -2.68. The lowest BCUT2D eigenvalue weighted by molar-refractivity contribution is -0.147. The van der Waals surface area contributed by atoms with Crippen LogP contribution in [0.2, 0.25) is 0 Å². The molecule has 1 aliphatic rings. The zero-order valence-electron chi connectivity index (χ0n) is 25.9. The largest absolute Gasteiger partial charge is 0.455 e. The second kappa shape index (κ2) is 12.6. The van der Waals surface area contributed by atoms with Crippen molar-refractivity contribution in [1.29, 1.82) is 0 Å². The van der Waals surface area contributed by atoms with Gasteiger partial charge < -0.3 is 19.2 Å². The van der Waals surface area contributed by atoms with E-state index >= 15 is 0 Å². The zero-order chi connectivity index (χ0) is 35.2. The normalized spacial score (nSPS) is 13.4. The summed E-state index contributed by atoms with van der Waals surface area (Å²) >= 11 is 0. The molecular weight excluding hydrogens is 675 g/mol. The van der Waals surface area contributed by atoms with Crippen LogP contribution in [-0.2, 0) is 29.3 Å². The van der Waals surface area contributed by atoms with E-state index in [0.29, 0.717) is 11.1 Å². The summed E-state index contributed by atoms with van der Waals surface area (Å²) in [5, 5.41) is 9.66. The van der Waals surface area contributed by atoms with E-state index in [0.717, 1.165) is 15.1 Å². The number of halogens is 5. The smallest absolute Gasteiger partial charge is 0.451 e. The van der Waals surface area contributed by atoms with Crippen LogP contribution < -0.4 is 9.62 Å². The number of benzene rings is 3. The van der Waals surface area contributed by atoms with Crippen molar-refractivity contribution in [2.75, 3.05) is 37.4 Å². The highest BCUT2D eigenvalue weighted by atomic mass is 32.2. The molecule has 256 valence electrons. The van der Waals surface area contributed by atoms with Crippen molar-refractivity contribution in [2.45, 2.75) is 19.3 Å². The van der Waals surface area contributed by atoms with Gasteiger partial charge in [-0.05, 0) is 48.0 Å². The lowest BCUT2D eigenvalue weighted by Gasteiger charge is -2.28. The van der Waals surface area contributed by atoms with Gasteiger partial charge >= 0.3 is 6.18 Å². The fraction of sp³-hybridized carbons (Fsp3) is 0.250. The number of amides is 2. The first-order chi connectivity index (χ1) is 23.2. The number of hydrogen-bond acceptors (Lipinski definition) is 7. The van der Waals surface area contributed by atoms with Gasteiger partial charge in [0.05, 0.1) is 30.6 Å². The Morgan fingerprint density at radius 1 is 1.02 bits per heavy atom. The van der Waals surface area contributed by atoms with Gasteiger partial charge in [0.2, 0.25) is 15.8 Å². The number of aromatic nitrogens is 3. The first-order valence-corrected chi connectivity index (χ1v) is 16.6. The summed E-state index contributed by atoms with van der Waals surface area (Å²) < 4.78 is 101. The van der Waals surface area contributed by atoms with Crippen LogP contribution in [0, 0.1) is 5.82 Å². The van der Waals surface area contributed by atoms with Gasteiger partial charge in [0, 0.05) is 48.3 Å². The Morgan fingerprint density at radius 3 is 2.41 bits per heavy atom. The fourth-order valence-corrected chi connectivity index (χ4v) is 6.72. The standard InChI is InChI=1S/C32H27F5N6O5S/c1-38-29(44)27-23-15-22(24(43(11-10-33)49(2,46)47)16-25(23)48-28(27)18-6-8-21(34)9-7-18)19-4-3-5-20(14-19)30(45)41-12-13-42-26(17-41)39-40-31(42)32(35,36)37/h3-9,14-16H,10-13,17H2,1-2H3,(H,38,44). The summed E-state index contributed by atoms with van der Waals surface area (Å²) in [6.07, 6.45) is -3.81. The summed E-state index contributed by atoms with van der Waals surface area (Å²) in [5.41, 5.74) is 1.12. The van der Waals surface area contributed by atoms with E-state index in [9.17, 15) is 40.0 Å². The number of furan rings is 1. The van der Waals surface area contributed by atoms with Crippen LogP contribution in [0.4, 0.5) is 27.6 Å². The molecule has 49 heavy (non-hydrogen) atoms. The molecule has 0 unspecified atom stereocenters. The third kappa shape index (κ3) is 6.32. The van der Waals surface area contributed by atoms with Gasteiger partial charge in [-0.25, -0.2) is 17.2 Å². The Bertz CT molecular complexity index is 2200. The molecule has 3 heterocycles. The van der Waals surface area contributed by atoms with E-state index in [4.69, 9.17) is 4.42 Å². The van der Waals surface area contributed by atoms with Crippen molar-refractivity contribution in [1.82, 2.24) is 25.0 Å². The monoisotopic (exact) mass is 702 g/mol. The Hall–Kier alpha value is -5.32. The van der Waals surface area contributed by atoms with E-state index in [-0.39, 0.29) is 64.6 Å². The molecule has 3 aromatic carbocycles. The number of anilines is 1. The van der Waals surface area contributed by atoms with Crippen LogP contribution in [0.3, 0.4) is 0 Å².